The third kappa shape index (κ3) is 5.00. The fraction of sp³-hybridized carbons (Fsp3) is 0.640. The van der Waals surface area contributed by atoms with Gasteiger partial charge in [-0.1, -0.05) is 12.1 Å². The molecule has 4 fully saturated rings. The van der Waals surface area contributed by atoms with Crippen molar-refractivity contribution in [3.63, 3.8) is 0 Å². The Kier molecular flexibility index (Phi) is 6.53. The first-order chi connectivity index (χ1) is 16.1. The van der Waals surface area contributed by atoms with Crippen LogP contribution in [0.15, 0.2) is 24.3 Å². The molecule has 0 spiro atoms. The molecule has 0 radical (unpaired) electrons. The number of anilines is 1. The first-order valence-electron chi connectivity index (χ1n) is 12.4. The molecular formula is C25H34N4O4. The van der Waals surface area contributed by atoms with Crippen molar-refractivity contribution in [1.29, 1.82) is 0 Å². The third-order valence-electron chi connectivity index (χ3n) is 7.35. The maximum absolute atomic E-state index is 13.4. The summed E-state index contributed by atoms with van der Waals surface area (Å²) in [4.78, 5) is 44.1. The molecule has 1 aliphatic carbocycles. The molecule has 3 amide bonds. The van der Waals surface area contributed by atoms with Gasteiger partial charge in [0.25, 0.3) is 11.8 Å². The Hall–Kier alpha value is -2.61. The molecule has 4 aliphatic rings. The van der Waals surface area contributed by atoms with Gasteiger partial charge in [-0.05, 0) is 50.7 Å². The molecule has 0 aromatic heterocycles. The van der Waals surface area contributed by atoms with Crippen molar-refractivity contribution in [1.82, 2.24) is 15.1 Å². The second kappa shape index (κ2) is 9.71. The van der Waals surface area contributed by atoms with Gasteiger partial charge in [0.05, 0.1) is 5.56 Å². The van der Waals surface area contributed by atoms with E-state index >= 15 is 0 Å². The second-order valence-electron chi connectivity index (χ2n) is 9.68. The average molecular weight is 455 g/mol. The highest BCUT2D eigenvalue weighted by Gasteiger charge is 2.34. The maximum Gasteiger partial charge on any atom is 0.256 e. The van der Waals surface area contributed by atoms with E-state index in [9.17, 15) is 14.4 Å². The molecule has 1 atom stereocenters. The monoisotopic (exact) mass is 454 g/mol. The molecule has 0 unspecified atom stereocenters. The summed E-state index contributed by atoms with van der Waals surface area (Å²) < 4.78 is 5.54. The van der Waals surface area contributed by atoms with Crippen LogP contribution in [0, 0.1) is 5.92 Å². The van der Waals surface area contributed by atoms with Crippen LogP contribution in [0.2, 0.25) is 0 Å². The zero-order valence-corrected chi connectivity index (χ0v) is 19.2. The van der Waals surface area contributed by atoms with Gasteiger partial charge in [0.2, 0.25) is 5.91 Å². The van der Waals surface area contributed by atoms with Crippen molar-refractivity contribution in [2.24, 2.45) is 5.92 Å². The van der Waals surface area contributed by atoms with Crippen molar-refractivity contribution in [2.75, 3.05) is 50.8 Å². The zero-order chi connectivity index (χ0) is 22.8. The van der Waals surface area contributed by atoms with Crippen LogP contribution in [0.1, 0.15) is 48.9 Å². The van der Waals surface area contributed by atoms with Crippen LogP contribution in [0.5, 0.6) is 0 Å². The lowest BCUT2D eigenvalue weighted by molar-refractivity contribution is -0.142. The minimum Gasteiger partial charge on any atom is -0.371 e. The van der Waals surface area contributed by atoms with Crippen LogP contribution >= 0.6 is 0 Å². The number of hydrogen-bond donors (Lipinski definition) is 1. The van der Waals surface area contributed by atoms with Crippen LogP contribution in [0.25, 0.3) is 0 Å². The number of benzene rings is 1. The summed E-state index contributed by atoms with van der Waals surface area (Å²) >= 11 is 0. The largest absolute Gasteiger partial charge is 0.371 e. The van der Waals surface area contributed by atoms with Gasteiger partial charge in [-0.2, -0.15) is 0 Å². The molecular weight excluding hydrogens is 420 g/mol. The lowest BCUT2D eigenvalue weighted by Crippen LogP contribution is -2.53. The zero-order valence-electron chi connectivity index (χ0n) is 19.2. The molecule has 0 bridgehead atoms. The van der Waals surface area contributed by atoms with Crippen molar-refractivity contribution >= 4 is 23.4 Å². The second-order valence-corrected chi connectivity index (χ2v) is 9.68. The van der Waals surface area contributed by atoms with E-state index in [0.717, 1.165) is 62.9 Å². The molecule has 1 N–H and O–H groups in total. The number of carbonyl (C=O) groups is 3. The standard InChI is InChI=1S/C25H34N4O4/c30-23(18-7-8-18)26-19-9-11-27(12-10-19)21-5-2-1-4-20(21)24(31)28-13-15-29(16-14-28)25(32)22-6-3-17-33-22/h1-2,4-5,18-19,22H,3,6-17H2,(H,26,30)/t22-/m0/s1. The Morgan fingerprint density at radius 1 is 0.848 bits per heavy atom. The highest BCUT2D eigenvalue weighted by molar-refractivity contribution is 6.00. The minimum absolute atomic E-state index is 0.0268. The highest BCUT2D eigenvalue weighted by Crippen LogP contribution is 2.30. The van der Waals surface area contributed by atoms with E-state index in [4.69, 9.17) is 4.74 Å². The molecule has 1 aromatic carbocycles. The number of carbonyl (C=O) groups excluding carboxylic acids is 3. The lowest BCUT2D eigenvalue weighted by Gasteiger charge is -2.37. The van der Waals surface area contributed by atoms with Crippen molar-refractivity contribution in [2.45, 2.75) is 50.7 Å². The van der Waals surface area contributed by atoms with E-state index in [0.29, 0.717) is 32.8 Å². The van der Waals surface area contributed by atoms with Gasteiger partial charge in [-0.3, -0.25) is 14.4 Å². The lowest BCUT2D eigenvalue weighted by atomic mass is 10.0. The Labute approximate surface area is 195 Å². The number of ether oxygens (including phenoxy) is 1. The minimum atomic E-state index is -0.301. The van der Waals surface area contributed by atoms with Gasteiger partial charge in [0.15, 0.2) is 0 Å². The van der Waals surface area contributed by atoms with Crippen LogP contribution in [0.3, 0.4) is 0 Å². The number of amides is 3. The number of para-hydroxylation sites is 1. The number of piperazine rings is 1. The highest BCUT2D eigenvalue weighted by atomic mass is 16.5. The first kappa shape index (κ1) is 22.2. The van der Waals surface area contributed by atoms with E-state index in [1.54, 1.807) is 0 Å². The Morgan fingerprint density at radius 2 is 1.55 bits per heavy atom. The Balaban J connectivity index is 1.17. The van der Waals surface area contributed by atoms with E-state index in [1.165, 1.54) is 0 Å². The predicted octanol–water partition coefficient (Wildman–Crippen LogP) is 1.64. The number of rotatable bonds is 5. The topological polar surface area (TPSA) is 82.2 Å². The van der Waals surface area contributed by atoms with Gasteiger partial charge in [-0.25, -0.2) is 0 Å². The summed E-state index contributed by atoms with van der Waals surface area (Å²) in [5, 5.41) is 3.19. The average Bonchev–Trinajstić information content (AvgIpc) is 3.58. The van der Waals surface area contributed by atoms with E-state index in [2.05, 4.69) is 10.2 Å². The molecule has 8 nitrogen and oxygen atoms in total. The molecule has 33 heavy (non-hydrogen) atoms. The summed E-state index contributed by atoms with van der Waals surface area (Å²) in [6.45, 7) is 4.50. The summed E-state index contributed by atoms with van der Waals surface area (Å²) in [5.41, 5.74) is 1.68. The summed E-state index contributed by atoms with van der Waals surface area (Å²) in [7, 11) is 0. The van der Waals surface area contributed by atoms with Gasteiger partial charge in [0.1, 0.15) is 6.10 Å². The number of hydrogen-bond acceptors (Lipinski definition) is 5. The molecule has 5 rings (SSSR count). The van der Waals surface area contributed by atoms with Crippen molar-refractivity contribution < 1.29 is 19.1 Å². The van der Waals surface area contributed by atoms with E-state index in [1.807, 2.05) is 34.1 Å². The van der Waals surface area contributed by atoms with Gasteiger partial charge < -0.3 is 24.8 Å². The van der Waals surface area contributed by atoms with Gasteiger partial charge in [-0.15, -0.1) is 0 Å². The van der Waals surface area contributed by atoms with Crippen LogP contribution in [-0.2, 0) is 14.3 Å². The molecule has 3 saturated heterocycles. The van der Waals surface area contributed by atoms with Crippen LogP contribution in [0.4, 0.5) is 5.69 Å². The summed E-state index contributed by atoms with van der Waals surface area (Å²) in [6.07, 6.45) is 5.27. The fourth-order valence-electron chi connectivity index (χ4n) is 5.14. The fourth-order valence-corrected chi connectivity index (χ4v) is 5.14. The summed E-state index contributed by atoms with van der Waals surface area (Å²) in [5.74, 6) is 0.541. The quantitative estimate of drug-likeness (QED) is 0.732. The predicted molar refractivity (Wildman–Crippen MR) is 124 cm³/mol. The van der Waals surface area contributed by atoms with E-state index < -0.39 is 0 Å². The van der Waals surface area contributed by atoms with E-state index in [-0.39, 0.29) is 35.8 Å². The third-order valence-corrected chi connectivity index (χ3v) is 7.35. The van der Waals surface area contributed by atoms with Gasteiger partial charge >= 0.3 is 0 Å². The summed E-state index contributed by atoms with van der Waals surface area (Å²) in [6, 6.07) is 8.05. The normalized spacial score (nSPS) is 24.1. The molecule has 3 heterocycles. The number of nitrogens with one attached hydrogen (secondary N) is 1. The van der Waals surface area contributed by atoms with Crippen molar-refractivity contribution in [3.8, 4) is 0 Å². The van der Waals surface area contributed by atoms with Crippen LogP contribution < -0.4 is 10.2 Å². The molecule has 3 aliphatic heterocycles. The molecule has 178 valence electrons. The Bertz CT molecular complexity index is 880. The first-order valence-corrected chi connectivity index (χ1v) is 12.4. The SMILES string of the molecule is O=C(NC1CCN(c2ccccc2C(=O)N2CCN(C(=O)[C@@H]3CCCO3)CC2)CC1)C1CC1. The van der Waals surface area contributed by atoms with Crippen LogP contribution in [-0.4, -0.2) is 85.5 Å². The Morgan fingerprint density at radius 3 is 2.21 bits per heavy atom. The van der Waals surface area contributed by atoms with Gasteiger partial charge in [0, 0.05) is 63.5 Å². The molecule has 8 heteroatoms. The number of piperidine rings is 1. The molecule has 1 aromatic rings. The maximum atomic E-state index is 13.4. The van der Waals surface area contributed by atoms with Crippen molar-refractivity contribution in [3.05, 3.63) is 29.8 Å². The smallest absolute Gasteiger partial charge is 0.256 e. The number of nitrogens with zero attached hydrogens (tertiary/aromatic N) is 3. The molecule has 1 saturated carbocycles.